The van der Waals surface area contributed by atoms with Crippen LogP contribution in [0.4, 0.5) is 4.79 Å². The third kappa shape index (κ3) is 3.52. The van der Waals surface area contributed by atoms with Crippen LogP contribution in [0.2, 0.25) is 0 Å². The summed E-state index contributed by atoms with van der Waals surface area (Å²) in [6.45, 7) is 5.70. The smallest absolute Gasteiger partial charge is 0.411 e. The monoisotopic (exact) mass is 315 g/mol. The number of carbonyl (C=O) groups excluding carboxylic acids is 1. The second-order valence-corrected chi connectivity index (χ2v) is 7.49. The van der Waals surface area contributed by atoms with Crippen LogP contribution in [0.5, 0.6) is 5.75 Å². The van der Waals surface area contributed by atoms with E-state index in [0.717, 1.165) is 31.2 Å². The Bertz CT molecular complexity index is 630. The van der Waals surface area contributed by atoms with E-state index in [1.54, 1.807) is 12.1 Å². The molecule has 1 N–H and O–H groups in total. The average Bonchev–Trinajstić information content (AvgIpc) is 2.44. The van der Waals surface area contributed by atoms with Crippen LogP contribution in [0, 0.1) is 0 Å². The number of amides is 1. The molecule has 2 heterocycles. The number of phenols is 1. The third-order valence-electron chi connectivity index (χ3n) is 4.46. The van der Waals surface area contributed by atoms with Crippen molar-refractivity contribution >= 4 is 11.7 Å². The van der Waals surface area contributed by atoms with E-state index in [0.29, 0.717) is 0 Å². The molecule has 0 saturated carbocycles. The molecule has 1 saturated heterocycles. The minimum atomic E-state index is -0.472. The molecule has 2 aliphatic rings. The summed E-state index contributed by atoms with van der Waals surface area (Å²) in [5, 5.41) is 9.70. The zero-order chi connectivity index (χ0) is 16.6. The maximum absolute atomic E-state index is 12.6. The van der Waals surface area contributed by atoms with Crippen molar-refractivity contribution in [3.63, 3.8) is 0 Å². The van der Waals surface area contributed by atoms with Crippen molar-refractivity contribution in [2.45, 2.75) is 64.1 Å². The first kappa shape index (κ1) is 15.9. The summed E-state index contributed by atoms with van der Waals surface area (Å²) in [5.74, 6) is 0.281. The van der Waals surface area contributed by atoms with Crippen LogP contribution in [0.1, 0.15) is 52.0 Å². The van der Waals surface area contributed by atoms with Crippen LogP contribution < -0.4 is 0 Å². The molecule has 1 amide bonds. The van der Waals surface area contributed by atoms with E-state index in [1.807, 2.05) is 37.8 Å². The molecule has 1 fully saturated rings. The number of piperidine rings is 1. The van der Waals surface area contributed by atoms with Crippen molar-refractivity contribution in [3.05, 3.63) is 35.9 Å². The Balaban J connectivity index is 1.86. The highest BCUT2D eigenvalue weighted by Gasteiger charge is 2.39. The molecule has 0 spiro atoms. The zero-order valence-corrected chi connectivity index (χ0v) is 14.1. The van der Waals surface area contributed by atoms with Crippen LogP contribution in [-0.2, 0) is 4.74 Å². The van der Waals surface area contributed by atoms with Crippen molar-refractivity contribution in [1.82, 2.24) is 4.90 Å². The molecule has 2 atom stereocenters. The largest absolute Gasteiger partial charge is 0.508 e. The van der Waals surface area contributed by atoms with Gasteiger partial charge in [-0.3, -0.25) is 4.90 Å². The molecule has 0 radical (unpaired) electrons. The Kier molecular flexibility index (Phi) is 4.09. The summed E-state index contributed by atoms with van der Waals surface area (Å²) in [4.78, 5) is 14.5. The fourth-order valence-corrected chi connectivity index (χ4v) is 3.55. The number of hydrogen-bond donors (Lipinski definition) is 1. The topological polar surface area (TPSA) is 49.8 Å². The summed E-state index contributed by atoms with van der Waals surface area (Å²) in [6.07, 6.45) is 5.90. The molecule has 23 heavy (non-hydrogen) atoms. The third-order valence-corrected chi connectivity index (χ3v) is 4.46. The first-order valence-electron chi connectivity index (χ1n) is 8.35. The Hall–Kier alpha value is -1.97. The second kappa shape index (κ2) is 5.91. The minimum Gasteiger partial charge on any atom is -0.508 e. The summed E-state index contributed by atoms with van der Waals surface area (Å²) in [7, 11) is 0. The molecule has 0 aliphatic carbocycles. The molecule has 1 aromatic rings. The fourth-order valence-electron chi connectivity index (χ4n) is 3.55. The Morgan fingerprint density at radius 1 is 1.30 bits per heavy atom. The lowest BCUT2D eigenvalue weighted by atomic mass is 9.83. The van der Waals surface area contributed by atoms with E-state index in [1.165, 1.54) is 5.57 Å². The molecular formula is C19H25NO3. The van der Waals surface area contributed by atoms with Gasteiger partial charge in [0.05, 0.1) is 6.04 Å². The minimum absolute atomic E-state index is 0.0923. The van der Waals surface area contributed by atoms with Crippen molar-refractivity contribution in [2.24, 2.45) is 0 Å². The SMILES string of the molecule is CC(C)(C)OC(=O)N1C2C=C(c3cccc(O)c3)CC1CCC2. The maximum Gasteiger partial charge on any atom is 0.411 e. The van der Waals surface area contributed by atoms with Gasteiger partial charge < -0.3 is 9.84 Å². The van der Waals surface area contributed by atoms with Gasteiger partial charge in [-0.05, 0) is 69.7 Å². The fraction of sp³-hybridized carbons (Fsp3) is 0.526. The highest BCUT2D eigenvalue weighted by Crippen LogP contribution is 2.38. The van der Waals surface area contributed by atoms with Gasteiger partial charge in [0.1, 0.15) is 11.4 Å². The maximum atomic E-state index is 12.6. The highest BCUT2D eigenvalue weighted by molar-refractivity contribution is 5.75. The van der Waals surface area contributed by atoms with Gasteiger partial charge in [-0.25, -0.2) is 4.79 Å². The van der Waals surface area contributed by atoms with E-state index in [4.69, 9.17) is 4.74 Å². The Labute approximate surface area is 137 Å². The molecule has 4 nitrogen and oxygen atoms in total. The van der Waals surface area contributed by atoms with E-state index in [2.05, 4.69) is 6.08 Å². The van der Waals surface area contributed by atoms with E-state index in [-0.39, 0.29) is 23.9 Å². The number of hydrogen-bond acceptors (Lipinski definition) is 3. The number of rotatable bonds is 1. The highest BCUT2D eigenvalue weighted by atomic mass is 16.6. The number of phenolic OH excluding ortho intramolecular Hbond substituents is 1. The summed E-state index contributed by atoms with van der Waals surface area (Å²) < 4.78 is 5.59. The van der Waals surface area contributed by atoms with E-state index >= 15 is 0 Å². The molecule has 2 unspecified atom stereocenters. The van der Waals surface area contributed by atoms with Crippen LogP contribution >= 0.6 is 0 Å². The molecule has 2 bridgehead atoms. The van der Waals surface area contributed by atoms with E-state index in [9.17, 15) is 9.90 Å². The van der Waals surface area contributed by atoms with Gasteiger partial charge in [0, 0.05) is 6.04 Å². The first-order chi connectivity index (χ1) is 10.8. The lowest BCUT2D eigenvalue weighted by molar-refractivity contribution is 0.0000821. The van der Waals surface area contributed by atoms with Crippen LogP contribution in [0.25, 0.3) is 5.57 Å². The van der Waals surface area contributed by atoms with Crippen LogP contribution in [0.15, 0.2) is 30.3 Å². The van der Waals surface area contributed by atoms with Crippen molar-refractivity contribution < 1.29 is 14.6 Å². The Morgan fingerprint density at radius 2 is 2.09 bits per heavy atom. The van der Waals surface area contributed by atoms with Gasteiger partial charge in [-0.15, -0.1) is 0 Å². The Morgan fingerprint density at radius 3 is 2.74 bits per heavy atom. The van der Waals surface area contributed by atoms with Crippen molar-refractivity contribution in [2.75, 3.05) is 0 Å². The lowest BCUT2D eigenvalue weighted by Crippen LogP contribution is -2.53. The number of carbonyl (C=O) groups is 1. The van der Waals surface area contributed by atoms with Crippen molar-refractivity contribution in [3.8, 4) is 5.75 Å². The summed E-state index contributed by atoms with van der Waals surface area (Å²) in [6, 6.07) is 7.64. The number of ether oxygens (including phenoxy) is 1. The number of benzene rings is 1. The number of aromatic hydroxyl groups is 1. The molecular weight excluding hydrogens is 290 g/mol. The number of nitrogens with zero attached hydrogens (tertiary/aromatic N) is 1. The van der Waals surface area contributed by atoms with Gasteiger partial charge in [-0.1, -0.05) is 18.2 Å². The van der Waals surface area contributed by atoms with Gasteiger partial charge in [-0.2, -0.15) is 0 Å². The second-order valence-electron chi connectivity index (χ2n) is 7.49. The average molecular weight is 315 g/mol. The summed E-state index contributed by atoms with van der Waals surface area (Å²) >= 11 is 0. The molecule has 124 valence electrons. The molecule has 0 aromatic heterocycles. The van der Waals surface area contributed by atoms with E-state index < -0.39 is 5.60 Å². The predicted molar refractivity (Wildman–Crippen MR) is 90.2 cm³/mol. The van der Waals surface area contributed by atoms with Gasteiger partial charge in [0.25, 0.3) is 0 Å². The quantitative estimate of drug-likeness (QED) is 0.839. The lowest BCUT2D eigenvalue weighted by Gasteiger charge is -2.45. The molecule has 3 rings (SSSR count). The number of fused-ring (bicyclic) bond motifs is 2. The van der Waals surface area contributed by atoms with Gasteiger partial charge in [0.15, 0.2) is 0 Å². The standard InChI is InChI=1S/C19H25NO3/c1-19(2,3)23-18(22)20-15-7-5-8-16(20)11-14(10-15)13-6-4-9-17(21)12-13/h4,6,9-10,12,15-16,21H,5,7-8,11H2,1-3H3. The predicted octanol–water partition coefficient (Wildman–Crippen LogP) is 4.34. The molecule has 1 aromatic carbocycles. The summed E-state index contributed by atoms with van der Waals surface area (Å²) in [5.41, 5.74) is 1.79. The van der Waals surface area contributed by atoms with Gasteiger partial charge >= 0.3 is 6.09 Å². The first-order valence-corrected chi connectivity index (χ1v) is 8.35. The normalized spacial score (nSPS) is 24.1. The molecule has 2 aliphatic heterocycles. The molecule has 4 heteroatoms. The van der Waals surface area contributed by atoms with Crippen molar-refractivity contribution in [1.29, 1.82) is 0 Å². The zero-order valence-electron chi connectivity index (χ0n) is 14.1. The van der Waals surface area contributed by atoms with Gasteiger partial charge in [0.2, 0.25) is 0 Å². The van der Waals surface area contributed by atoms with Crippen LogP contribution in [-0.4, -0.2) is 33.8 Å². The van der Waals surface area contributed by atoms with Crippen LogP contribution in [0.3, 0.4) is 0 Å².